The first kappa shape index (κ1) is 11.8. The average molecular weight is 230 g/mol. The molecule has 0 aromatic carbocycles. The Hall–Kier alpha value is -1.63. The quantitative estimate of drug-likeness (QED) is 0.863. The van der Waals surface area contributed by atoms with E-state index < -0.39 is 0 Å². The third kappa shape index (κ3) is 2.73. The van der Waals surface area contributed by atoms with E-state index in [4.69, 9.17) is 5.26 Å². The fourth-order valence-electron chi connectivity index (χ4n) is 2.55. The summed E-state index contributed by atoms with van der Waals surface area (Å²) in [4.78, 5) is 8.27. The zero-order chi connectivity index (χ0) is 12.1. The molecule has 0 saturated heterocycles. The summed E-state index contributed by atoms with van der Waals surface area (Å²) in [6, 6.07) is 3.65. The Morgan fingerprint density at radius 2 is 2.24 bits per heavy atom. The Bertz CT molecular complexity index is 416. The molecule has 0 aliphatic heterocycles. The predicted octanol–water partition coefficient (Wildman–Crippen LogP) is 2.73. The number of nitrogens with zero attached hydrogens (tertiary/aromatic N) is 3. The van der Waals surface area contributed by atoms with Crippen LogP contribution in [0.15, 0.2) is 12.3 Å². The van der Waals surface area contributed by atoms with Gasteiger partial charge in [0.1, 0.15) is 11.8 Å². The van der Waals surface area contributed by atoms with Gasteiger partial charge in [0, 0.05) is 12.7 Å². The summed E-state index contributed by atoms with van der Waals surface area (Å²) < 4.78 is 0. The summed E-state index contributed by atoms with van der Waals surface area (Å²) in [7, 11) is 0. The number of aromatic nitrogens is 2. The highest BCUT2D eigenvalue weighted by atomic mass is 15.1. The van der Waals surface area contributed by atoms with Crippen molar-refractivity contribution in [2.75, 3.05) is 11.9 Å². The van der Waals surface area contributed by atoms with Gasteiger partial charge in [0.05, 0.1) is 0 Å². The molecule has 0 atom stereocenters. The van der Waals surface area contributed by atoms with E-state index in [2.05, 4.69) is 22.2 Å². The van der Waals surface area contributed by atoms with Crippen LogP contribution in [-0.2, 0) is 0 Å². The summed E-state index contributed by atoms with van der Waals surface area (Å²) in [5, 5.41) is 12.1. The van der Waals surface area contributed by atoms with Crippen molar-refractivity contribution in [3.63, 3.8) is 0 Å². The molecule has 2 rings (SSSR count). The van der Waals surface area contributed by atoms with Crippen LogP contribution in [0.3, 0.4) is 0 Å². The first-order valence-electron chi connectivity index (χ1n) is 6.25. The number of hydrogen-bond donors (Lipinski definition) is 1. The van der Waals surface area contributed by atoms with E-state index in [9.17, 15) is 0 Å². The van der Waals surface area contributed by atoms with Crippen LogP contribution in [0.2, 0.25) is 0 Å². The number of rotatable bonds is 4. The molecule has 1 aliphatic rings. The second kappa shape index (κ2) is 5.13. The van der Waals surface area contributed by atoms with E-state index in [0.29, 0.717) is 17.1 Å². The molecule has 1 N–H and O–H groups in total. The molecule has 90 valence electrons. The van der Waals surface area contributed by atoms with Crippen molar-refractivity contribution in [2.45, 2.75) is 39.0 Å². The Balaban J connectivity index is 1.99. The fourth-order valence-corrected chi connectivity index (χ4v) is 2.55. The first-order valence-corrected chi connectivity index (χ1v) is 6.25. The molecule has 17 heavy (non-hydrogen) atoms. The van der Waals surface area contributed by atoms with Gasteiger partial charge >= 0.3 is 0 Å². The number of anilines is 1. The highest BCUT2D eigenvalue weighted by Crippen LogP contribution is 2.40. The van der Waals surface area contributed by atoms with Gasteiger partial charge in [0.15, 0.2) is 0 Å². The van der Waals surface area contributed by atoms with Crippen LogP contribution in [0.1, 0.15) is 44.7 Å². The van der Waals surface area contributed by atoms with Gasteiger partial charge in [0.25, 0.3) is 0 Å². The molecule has 1 aromatic rings. The maximum atomic E-state index is 8.77. The average Bonchev–Trinajstić information content (AvgIpc) is 2.86. The summed E-state index contributed by atoms with van der Waals surface area (Å²) >= 11 is 0. The molecule has 0 spiro atoms. The molecule has 0 bridgehead atoms. The van der Waals surface area contributed by atoms with Crippen molar-refractivity contribution in [1.82, 2.24) is 9.97 Å². The first-order chi connectivity index (χ1) is 8.28. The largest absolute Gasteiger partial charge is 0.354 e. The third-order valence-corrected chi connectivity index (χ3v) is 3.81. The topological polar surface area (TPSA) is 61.6 Å². The molecule has 0 unspecified atom stereocenters. The molecule has 0 amide bonds. The maximum absolute atomic E-state index is 8.77. The van der Waals surface area contributed by atoms with Gasteiger partial charge in [0.2, 0.25) is 5.95 Å². The molecule has 1 fully saturated rings. The van der Waals surface area contributed by atoms with Gasteiger partial charge in [-0.05, 0) is 30.7 Å². The molecule has 1 aliphatic carbocycles. The molecule has 4 nitrogen and oxygen atoms in total. The monoisotopic (exact) mass is 230 g/mol. The minimum absolute atomic E-state index is 0.409. The van der Waals surface area contributed by atoms with Gasteiger partial charge in [-0.2, -0.15) is 5.26 Å². The van der Waals surface area contributed by atoms with E-state index in [0.717, 1.165) is 6.54 Å². The van der Waals surface area contributed by atoms with E-state index in [1.54, 1.807) is 12.3 Å². The molecule has 4 heteroatoms. The molecule has 0 radical (unpaired) electrons. The smallest absolute Gasteiger partial charge is 0.223 e. The second-order valence-electron chi connectivity index (χ2n) is 4.79. The van der Waals surface area contributed by atoms with Crippen LogP contribution >= 0.6 is 0 Å². The minimum Gasteiger partial charge on any atom is -0.354 e. The van der Waals surface area contributed by atoms with Gasteiger partial charge in [-0.15, -0.1) is 0 Å². The van der Waals surface area contributed by atoms with Crippen molar-refractivity contribution < 1.29 is 0 Å². The van der Waals surface area contributed by atoms with Gasteiger partial charge in [-0.3, -0.25) is 0 Å². The Labute approximate surface area is 102 Å². The van der Waals surface area contributed by atoms with E-state index >= 15 is 0 Å². The Morgan fingerprint density at radius 3 is 2.88 bits per heavy atom. The number of nitriles is 1. The lowest BCUT2D eigenvalue weighted by molar-refractivity contribution is 0.306. The summed E-state index contributed by atoms with van der Waals surface area (Å²) in [5.41, 5.74) is 0.825. The van der Waals surface area contributed by atoms with Gasteiger partial charge in [-0.25, -0.2) is 9.97 Å². The lowest BCUT2D eigenvalue weighted by Crippen LogP contribution is -2.26. The Morgan fingerprint density at radius 1 is 1.47 bits per heavy atom. The molecular formula is C13H18N4. The van der Waals surface area contributed by atoms with Crippen molar-refractivity contribution in [2.24, 2.45) is 5.41 Å². The van der Waals surface area contributed by atoms with E-state index in [1.807, 2.05) is 6.07 Å². The fraction of sp³-hybridized carbons (Fsp3) is 0.615. The van der Waals surface area contributed by atoms with Crippen LogP contribution in [-0.4, -0.2) is 16.5 Å². The van der Waals surface area contributed by atoms with Crippen molar-refractivity contribution in [1.29, 1.82) is 5.26 Å². The standard InChI is InChI=1S/C13H18N4/c1-2-13(6-3-4-7-13)10-16-12-15-8-5-11(9-14)17-12/h5,8H,2-4,6-7,10H2,1H3,(H,15,16,17). The van der Waals surface area contributed by atoms with E-state index in [1.165, 1.54) is 32.1 Å². The zero-order valence-electron chi connectivity index (χ0n) is 10.2. The molecule has 1 heterocycles. The van der Waals surface area contributed by atoms with Crippen LogP contribution in [0.4, 0.5) is 5.95 Å². The van der Waals surface area contributed by atoms with Crippen molar-refractivity contribution in [3.8, 4) is 6.07 Å². The van der Waals surface area contributed by atoms with Crippen LogP contribution in [0, 0.1) is 16.7 Å². The van der Waals surface area contributed by atoms with Crippen molar-refractivity contribution >= 4 is 5.95 Å². The lowest BCUT2D eigenvalue weighted by Gasteiger charge is -2.27. The molecule has 1 saturated carbocycles. The highest BCUT2D eigenvalue weighted by molar-refractivity contribution is 5.30. The summed E-state index contributed by atoms with van der Waals surface area (Å²) in [6.07, 6.45) is 8.05. The second-order valence-corrected chi connectivity index (χ2v) is 4.79. The SMILES string of the molecule is CCC1(CNc2nccc(C#N)n2)CCCC1. The molecular weight excluding hydrogens is 212 g/mol. The predicted molar refractivity (Wildman–Crippen MR) is 66.4 cm³/mol. The molecule has 1 aromatic heterocycles. The van der Waals surface area contributed by atoms with Gasteiger partial charge < -0.3 is 5.32 Å². The number of hydrogen-bond acceptors (Lipinski definition) is 4. The normalized spacial score (nSPS) is 17.6. The van der Waals surface area contributed by atoms with Crippen LogP contribution in [0.25, 0.3) is 0 Å². The summed E-state index contributed by atoms with van der Waals surface area (Å²) in [6.45, 7) is 3.16. The van der Waals surface area contributed by atoms with Crippen LogP contribution < -0.4 is 5.32 Å². The van der Waals surface area contributed by atoms with Gasteiger partial charge in [-0.1, -0.05) is 19.8 Å². The lowest BCUT2D eigenvalue weighted by atomic mass is 9.83. The summed E-state index contributed by atoms with van der Waals surface area (Å²) in [5.74, 6) is 0.573. The third-order valence-electron chi connectivity index (χ3n) is 3.81. The highest BCUT2D eigenvalue weighted by Gasteiger charge is 2.31. The Kier molecular flexibility index (Phi) is 3.58. The van der Waals surface area contributed by atoms with Crippen LogP contribution in [0.5, 0.6) is 0 Å². The number of nitrogens with one attached hydrogen (secondary N) is 1. The van der Waals surface area contributed by atoms with Crippen molar-refractivity contribution in [3.05, 3.63) is 18.0 Å². The van der Waals surface area contributed by atoms with E-state index in [-0.39, 0.29) is 0 Å². The zero-order valence-corrected chi connectivity index (χ0v) is 10.2. The maximum Gasteiger partial charge on any atom is 0.223 e. The minimum atomic E-state index is 0.409.